The van der Waals surface area contributed by atoms with Gasteiger partial charge in [0.2, 0.25) is 17.7 Å². The van der Waals surface area contributed by atoms with Crippen molar-refractivity contribution in [2.24, 2.45) is 22.9 Å². The minimum absolute atomic E-state index is 0.0643. The molecular formula is C23H36N6O7. The number of imide groups is 1. The average Bonchev–Trinajstić information content (AvgIpc) is 3.19. The number of carbonyl (C=O) groups is 5. The zero-order valence-electron chi connectivity index (χ0n) is 20.4. The van der Waals surface area contributed by atoms with Crippen molar-refractivity contribution in [1.29, 1.82) is 0 Å². The number of nitrogens with one attached hydrogen (secondary N) is 4. The van der Waals surface area contributed by atoms with E-state index in [1.165, 1.54) is 17.1 Å². The van der Waals surface area contributed by atoms with E-state index in [0.717, 1.165) is 12.8 Å². The molecule has 36 heavy (non-hydrogen) atoms. The van der Waals surface area contributed by atoms with E-state index in [-0.39, 0.29) is 68.8 Å². The molecule has 5 amide bonds. The fourth-order valence-electron chi connectivity index (χ4n) is 4.22. The molecule has 1 atom stereocenters. The largest absolute Gasteiger partial charge is 0.396 e. The van der Waals surface area contributed by atoms with Gasteiger partial charge in [-0.15, -0.1) is 0 Å². The quantitative estimate of drug-likeness (QED) is 0.0584. The normalized spacial score (nSPS) is 20.2. The number of nitroso groups, excluding NO2 is 1. The maximum Gasteiger partial charge on any atom is 0.253 e. The molecule has 0 bridgehead atoms. The van der Waals surface area contributed by atoms with Crippen molar-refractivity contribution in [1.82, 2.24) is 26.4 Å². The van der Waals surface area contributed by atoms with Gasteiger partial charge >= 0.3 is 0 Å². The van der Waals surface area contributed by atoms with Gasteiger partial charge in [-0.05, 0) is 50.9 Å². The molecule has 2 rings (SSSR count). The number of nitrogens with zero attached hydrogens (tertiary/aromatic N) is 2. The first-order valence-electron chi connectivity index (χ1n) is 12.4. The van der Waals surface area contributed by atoms with Crippen molar-refractivity contribution in [3.63, 3.8) is 0 Å². The Hall–Kier alpha value is -3.19. The van der Waals surface area contributed by atoms with Gasteiger partial charge in [0.05, 0.1) is 6.54 Å². The summed E-state index contributed by atoms with van der Waals surface area (Å²) < 4.78 is 0. The van der Waals surface area contributed by atoms with Crippen LogP contribution in [0.15, 0.2) is 17.3 Å². The van der Waals surface area contributed by atoms with Crippen LogP contribution in [0.3, 0.4) is 0 Å². The number of aliphatic hydroxyl groups excluding tert-OH is 1. The minimum Gasteiger partial charge on any atom is -0.396 e. The summed E-state index contributed by atoms with van der Waals surface area (Å²) in [6.07, 6.45) is 6.12. The van der Waals surface area contributed by atoms with Crippen molar-refractivity contribution in [2.75, 3.05) is 39.3 Å². The molecule has 13 heteroatoms. The van der Waals surface area contributed by atoms with E-state index >= 15 is 0 Å². The molecule has 13 nitrogen and oxygen atoms in total. The van der Waals surface area contributed by atoms with Crippen LogP contribution in [-0.2, 0) is 24.0 Å². The van der Waals surface area contributed by atoms with Crippen molar-refractivity contribution in [3.8, 4) is 0 Å². The van der Waals surface area contributed by atoms with Crippen molar-refractivity contribution < 1.29 is 29.1 Å². The Kier molecular flexibility index (Phi) is 12.7. The first kappa shape index (κ1) is 29.0. The van der Waals surface area contributed by atoms with Gasteiger partial charge in [0.15, 0.2) is 0 Å². The van der Waals surface area contributed by atoms with Gasteiger partial charge < -0.3 is 15.7 Å². The van der Waals surface area contributed by atoms with E-state index in [4.69, 9.17) is 5.11 Å². The van der Waals surface area contributed by atoms with Crippen LogP contribution in [0.1, 0.15) is 44.9 Å². The third-order valence-electron chi connectivity index (χ3n) is 6.32. The van der Waals surface area contributed by atoms with E-state index in [1.54, 1.807) is 0 Å². The summed E-state index contributed by atoms with van der Waals surface area (Å²) in [4.78, 5) is 72.3. The van der Waals surface area contributed by atoms with Crippen molar-refractivity contribution in [3.05, 3.63) is 17.1 Å². The lowest BCUT2D eigenvalue weighted by molar-refractivity contribution is -0.139. The average molecular weight is 509 g/mol. The summed E-state index contributed by atoms with van der Waals surface area (Å²) in [5.41, 5.74) is 5.42. The molecule has 1 fully saturated rings. The molecule has 0 aromatic rings. The van der Waals surface area contributed by atoms with Crippen LogP contribution in [0.4, 0.5) is 0 Å². The number of aliphatic hydroxyl groups is 1. The predicted octanol–water partition coefficient (Wildman–Crippen LogP) is -0.884. The van der Waals surface area contributed by atoms with Gasteiger partial charge in [-0.2, -0.15) is 4.91 Å². The van der Waals surface area contributed by atoms with Gasteiger partial charge in [-0.25, -0.2) is 5.43 Å². The summed E-state index contributed by atoms with van der Waals surface area (Å²) in [6, 6.07) is 0. The Morgan fingerprint density at radius 2 is 1.58 bits per heavy atom. The van der Waals surface area contributed by atoms with Crippen molar-refractivity contribution in [2.45, 2.75) is 44.9 Å². The highest BCUT2D eigenvalue weighted by Crippen LogP contribution is 2.30. The Morgan fingerprint density at radius 1 is 0.972 bits per heavy atom. The second kappa shape index (κ2) is 15.7. The summed E-state index contributed by atoms with van der Waals surface area (Å²) in [5, 5.41) is 16.8. The van der Waals surface area contributed by atoms with E-state index in [0.29, 0.717) is 32.2 Å². The van der Waals surface area contributed by atoms with E-state index in [1.807, 2.05) is 0 Å². The monoisotopic (exact) mass is 508 g/mol. The van der Waals surface area contributed by atoms with Crippen LogP contribution in [0.25, 0.3) is 0 Å². The molecule has 1 aliphatic heterocycles. The van der Waals surface area contributed by atoms with Crippen LogP contribution in [0, 0.1) is 22.7 Å². The first-order valence-corrected chi connectivity index (χ1v) is 12.4. The fourth-order valence-corrected chi connectivity index (χ4v) is 4.22. The Bertz CT molecular complexity index is 808. The second-order valence-electron chi connectivity index (χ2n) is 8.96. The van der Waals surface area contributed by atoms with Crippen LogP contribution >= 0.6 is 0 Å². The lowest BCUT2D eigenvalue weighted by atomic mass is 9.81. The SMILES string of the molecule is O=NCCCNC(=O)C(CCNNC(=O)C1CCC(CN2C(=O)C=CC2=O)CC1)C(=O)NCCCO. The number of hydrogen-bond acceptors (Lipinski definition) is 9. The van der Waals surface area contributed by atoms with E-state index < -0.39 is 17.7 Å². The lowest BCUT2D eigenvalue weighted by Gasteiger charge is -2.30. The zero-order chi connectivity index (χ0) is 26.3. The topological polar surface area (TPSA) is 186 Å². The molecule has 0 aromatic heterocycles. The minimum atomic E-state index is -1.00. The fraction of sp³-hybridized carbons (Fsp3) is 0.696. The molecule has 1 aliphatic carbocycles. The molecular weight excluding hydrogens is 472 g/mol. The maximum atomic E-state index is 12.5. The Balaban J connectivity index is 1.72. The third kappa shape index (κ3) is 9.46. The highest BCUT2D eigenvalue weighted by molar-refractivity contribution is 6.12. The summed E-state index contributed by atoms with van der Waals surface area (Å²) in [5.74, 6) is -2.78. The third-order valence-corrected chi connectivity index (χ3v) is 6.32. The number of rotatable bonds is 16. The highest BCUT2D eigenvalue weighted by atomic mass is 16.3. The van der Waals surface area contributed by atoms with Crippen molar-refractivity contribution >= 4 is 29.5 Å². The molecule has 1 saturated carbocycles. The van der Waals surface area contributed by atoms with Gasteiger partial charge in [0, 0.05) is 50.9 Å². The Labute approximate surface area is 209 Å². The molecule has 0 saturated heterocycles. The molecule has 2 aliphatic rings. The maximum absolute atomic E-state index is 12.5. The number of amides is 5. The molecule has 200 valence electrons. The molecule has 1 heterocycles. The van der Waals surface area contributed by atoms with Crippen LogP contribution < -0.4 is 21.5 Å². The number of hydrazine groups is 1. The van der Waals surface area contributed by atoms with E-state index in [9.17, 15) is 28.9 Å². The summed E-state index contributed by atoms with van der Waals surface area (Å²) in [6.45, 7) is 0.972. The lowest BCUT2D eigenvalue weighted by Crippen LogP contribution is -2.46. The zero-order valence-corrected chi connectivity index (χ0v) is 20.4. The first-order chi connectivity index (χ1) is 17.4. The van der Waals surface area contributed by atoms with Gasteiger partial charge in [0.25, 0.3) is 11.8 Å². The standard InChI is InChI=1S/C23H36N6O7/c30-14-2-11-25-23(35)18(22(34)24-10-1-12-27-36)9-13-26-28-21(33)17-5-3-16(4-6-17)15-29-19(31)7-8-20(29)32/h7-8,16-18,26,30H,1-6,9-15H2,(H,24,34)(H,25,35)(H,28,33). The molecule has 5 N–H and O–H groups in total. The molecule has 0 radical (unpaired) electrons. The van der Waals surface area contributed by atoms with Crippen LogP contribution in [0.2, 0.25) is 0 Å². The second-order valence-corrected chi connectivity index (χ2v) is 8.96. The summed E-state index contributed by atoms with van der Waals surface area (Å²) in [7, 11) is 0. The summed E-state index contributed by atoms with van der Waals surface area (Å²) >= 11 is 0. The predicted molar refractivity (Wildman–Crippen MR) is 129 cm³/mol. The molecule has 0 spiro atoms. The highest BCUT2D eigenvalue weighted by Gasteiger charge is 2.31. The Morgan fingerprint density at radius 3 is 2.17 bits per heavy atom. The van der Waals surface area contributed by atoms with Crippen LogP contribution in [-0.4, -0.2) is 78.9 Å². The van der Waals surface area contributed by atoms with E-state index in [2.05, 4.69) is 26.7 Å². The number of hydrogen-bond donors (Lipinski definition) is 5. The van der Waals surface area contributed by atoms with Gasteiger partial charge in [-0.1, -0.05) is 5.18 Å². The smallest absolute Gasteiger partial charge is 0.253 e. The number of carbonyl (C=O) groups excluding carboxylic acids is 5. The molecule has 0 aromatic carbocycles. The van der Waals surface area contributed by atoms with Gasteiger partial charge in [-0.3, -0.25) is 34.3 Å². The van der Waals surface area contributed by atoms with Crippen LogP contribution in [0.5, 0.6) is 0 Å². The van der Waals surface area contributed by atoms with Gasteiger partial charge in [0.1, 0.15) is 5.92 Å². The molecule has 1 unspecified atom stereocenters.